The van der Waals surface area contributed by atoms with E-state index in [0.29, 0.717) is 36.7 Å². The van der Waals surface area contributed by atoms with Gasteiger partial charge in [0, 0.05) is 36.3 Å². The van der Waals surface area contributed by atoms with Crippen LogP contribution in [-0.2, 0) is 9.53 Å². The first-order valence-electron chi connectivity index (χ1n) is 13.1. The van der Waals surface area contributed by atoms with E-state index >= 15 is 0 Å². The second-order valence-electron chi connectivity index (χ2n) is 11.2. The molecule has 2 aliphatic rings. The zero-order chi connectivity index (χ0) is 29.5. The van der Waals surface area contributed by atoms with Crippen LogP contribution in [0, 0.1) is 12.7 Å². The lowest BCUT2D eigenvalue weighted by atomic mass is 10.0. The number of amidine groups is 1. The fourth-order valence-electron chi connectivity index (χ4n) is 4.81. The molecule has 0 radical (unpaired) electrons. The van der Waals surface area contributed by atoms with Gasteiger partial charge in [-0.25, -0.2) is 24.0 Å². The molecule has 0 aliphatic carbocycles. The maximum absolute atomic E-state index is 14.9. The van der Waals surface area contributed by atoms with Crippen LogP contribution in [0.4, 0.5) is 20.7 Å². The van der Waals surface area contributed by atoms with Crippen molar-refractivity contribution in [1.29, 1.82) is 0 Å². The number of pyridine rings is 2. The summed E-state index contributed by atoms with van der Waals surface area (Å²) < 4.78 is 20.5. The number of hydrogen-bond acceptors (Lipinski definition) is 9. The van der Waals surface area contributed by atoms with Crippen molar-refractivity contribution in [1.82, 2.24) is 19.8 Å². The van der Waals surface area contributed by atoms with Gasteiger partial charge < -0.3 is 14.5 Å². The van der Waals surface area contributed by atoms with Gasteiger partial charge in [-0.15, -0.1) is 11.8 Å². The molecule has 40 heavy (non-hydrogen) atoms. The number of ether oxygens (including phenoxy) is 1. The average molecular weight is 589 g/mol. The summed E-state index contributed by atoms with van der Waals surface area (Å²) in [6.45, 7) is 14.4. The molecular formula is C28H34ClFN6O3S. The van der Waals surface area contributed by atoms with Crippen LogP contribution in [0.5, 0.6) is 0 Å². The highest BCUT2D eigenvalue weighted by atomic mass is 35.5. The minimum atomic E-state index is -0.706. The SMILES string of the molecule is CSc1cc(C)nc(C(C)C)c1N1C(=C=O)N=C(N2CCN(C(=O)OC(C)(C)C)C[C@@H]2C)c2cc(F)c(Cl)nc21. The summed E-state index contributed by atoms with van der Waals surface area (Å²) in [7, 11) is 0. The van der Waals surface area contributed by atoms with Crippen LogP contribution < -0.4 is 4.90 Å². The number of aryl methyl sites for hydroxylation is 1. The third kappa shape index (κ3) is 5.82. The molecule has 4 rings (SSSR count). The van der Waals surface area contributed by atoms with E-state index in [0.717, 1.165) is 16.3 Å². The third-order valence-corrected chi connectivity index (χ3v) is 7.55. The molecule has 4 heterocycles. The Morgan fingerprint density at radius 1 is 1.25 bits per heavy atom. The molecule has 9 nitrogen and oxygen atoms in total. The van der Waals surface area contributed by atoms with E-state index in [1.807, 2.05) is 71.6 Å². The van der Waals surface area contributed by atoms with E-state index < -0.39 is 17.5 Å². The van der Waals surface area contributed by atoms with Crippen molar-refractivity contribution in [2.75, 3.05) is 30.8 Å². The number of aliphatic imine (C=N–C) groups is 1. The van der Waals surface area contributed by atoms with Crippen LogP contribution >= 0.6 is 23.4 Å². The average Bonchev–Trinajstić information content (AvgIpc) is 2.87. The summed E-state index contributed by atoms with van der Waals surface area (Å²) in [6, 6.07) is 3.00. The van der Waals surface area contributed by atoms with Crippen LogP contribution in [0.25, 0.3) is 0 Å². The molecule has 2 aliphatic heterocycles. The monoisotopic (exact) mass is 588 g/mol. The molecule has 1 amide bonds. The zero-order valence-electron chi connectivity index (χ0n) is 24.0. The van der Waals surface area contributed by atoms with E-state index in [9.17, 15) is 14.0 Å². The number of halogens is 2. The maximum atomic E-state index is 14.9. The highest BCUT2D eigenvalue weighted by molar-refractivity contribution is 7.98. The predicted octanol–water partition coefficient (Wildman–Crippen LogP) is 5.94. The van der Waals surface area contributed by atoms with Crippen LogP contribution in [0.3, 0.4) is 0 Å². The van der Waals surface area contributed by atoms with Gasteiger partial charge >= 0.3 is 6.09 Å². The van der Waals surface area contributed by atoms with Crippen molar-refractivity contribution in [3.05, 3.63) is 45.9 Å². The Morgan fingerprint density at radius 2 is 1.95 bits per heavy atom. The normalized spacial score (nSPS) is 17.6. The van der Waals surface area contributed by atoms with Crippen LogP contribution in [0.1, 0.15) is 64.4 Å². The minimum absolute atomic E-state index is 0.000553. The van der Waals surface area contributed by atoms with Gasteiger partial charge in [0.15, 0.2) is 22.7 Å². The molecule has 0 bridgehead atoms. The second kappa shape index (κ2) is 11.4. The van der Waals surface area contributed by atoms with Gasteiger partial charge in [-0.1, -0.05) is 25.4 Å². The largest absolute Gasteiger partial charge is 0.444 e. The van der Waals surface area contributed by atoms with Gasteiger partial charge in [-0.3, -0.25) is 9.88 Å². The topological polar surface area (TPSA) is 91.2 Å². The summed E-state index contributed by atoms with van der Waals surface area (Å²) in [5.41, 5.74) is 1.96. The van der Waals surface area contributed by atoms with Crippen molar-refractivity contribution in [2.24, 2.45) is 4.99 Å². The maximum Gasteiger partial charge on any atom is 0.410 e. The van der Waals surface area contributed by atoms with Gasteiger partial charge in [-0.2, -0.15) is 0 Å². The van der Waals surface area contributed by atoms with Crippen molar-refractivity contribution < 1.29 is 18.7 Å². The molecule has 1 atom stereocenters. The molecule has 0 unspecified atom stereocenters. The third-order valence-electron chi connectivity index (χ3n) is 6.54. The minimum Gasteiger partial charge on any atom is -0.444 e. The Kier molecular flexibility index (Phi) is 8.49. The summed E-state index contributed by atoms with van der Waals surface area (Å²) in [4.78, 5) is 45.1. The number of nitrogens with zero attached hydrogens (tertiary/aromatic N) is 6. The Morgan fingerprint density at radius 3 is 2.52 bits per heavy atom. The van der Waals surface area contributed by atoms with E-state index in [2.05, 4.69) is 4.98 Å². The Bertz CT molecular complexity index is 1420. The number of fused-ring (bicyclic) bond motifs is 1. The molecule has 2 aromatic rings. The Labute approximate surface area is 243 Å². The zero-order valence-corrected chi connectivity index (χ0v) is 25.6. The van der Waals surface area contributed by atoms with Crippen LogP contribution in [-0.4, -0.2) is 75.2 Å². The molecular weight excluding hydrogens is 555 g/mol. The number of amides is 1. The summed E-state index contributed by atoms with van der Waals surface area (Å²) >= 11 is 7.70. The van der Waals surface area contributed by atoms with E-state index in [1.54, 1.807) is 9.80 Å². The number of aromatic nitrogens is 2. The number of carbonyl (C=O) groups is 1. The van der Waals surface area contributed by atoms with Crippen LogP contribution in [0.15, 0.2) is 27.8 Å². The van der Waals surface area contributed by atoms with Crippen molar-refractivity contribution >= 4 is 52.7 Å². The molecule has 1 saturated heterocycles. The van der Waals surface area contributed by atoms with Gasteiger partial charge in [0.2, 0.25) is 5.82 Å². The Hall–Kier alpha value is -3.14. The number of thioether (sulfide) groups is 1. The first-order valence-corrected chi connectivity index (χ1v) is 14.7. The lowest BCUT2D eigenvalue weighted by Gasteiger charge is -2.43. The molecule has 12 heteroatoms. The summed E-state index contributed by atoms with van der Waals surface area (Å²) in [5, 5.41) is -0.324. The molecule has 0 saturated carbocycles. The first kappa shape index (κ1) is 29.8. The standard InChI is InChI=1S/C28H34ClFN6O3S/c1-15(2)22-23(20(40-8)11-16(3)31-22)36-21(14-37)32-25(18-12-19(30)24(29)33-26(18)36)35-10-9-34(13-17(35)4)27(38)39-28(5,6)7/h11-12,15,17H,9-10,13H2,1-8H3/t17-/m0/s1. The molecule has 0 N–H and O–H groups in total. The first-order chi connectivity index (χ1) is 18.7. The number of hydrogen-bond donors (Lipinski definition) is 0. The fraction of sp³-hybridized carbons (Fsp3) is 0.500. The number of anilines is 2. The van der Waals surface area contributed by atoms with Gasteiger partial charge in [0.05, 0.1) is 16.9 Å². The van der Waals surface area contributed by atoms with Crippen molar-refractivity contribution in [2.45, 2.75) is 70.9 Å². The van der Waals surface area contributed by atoms with Gasteiger partial charge in [-0.05, 0) is 58.9 Å². The summed E-state index contributed by atoms with van der Waals surface area (Å²) in [6.07, 6.45) is 1.53. The molecule has 214 valence electrons. The predicted molar refractivity (Wildman–Crippen MR) is 156 cm³/mol. The molecule has 0 aromatic carbocycles. The lowest BCUT2D eigenvalue weighted by molar-refractivity contribution is 0.0134. The molecule has 2 aromatic heterocycles. The highest BCUT2D eigenvalue weighted by Gasteiger charge is 2.38. The van der Waals surface area contributed by atoms with Gasteiger partial charge in [0.25, 0.3) is 0 Å². The quantitative estimate of drug-likeness (QED) is 0.247. The van der Waals surface area contributed by atoms with Crippen LogP contribution in [0.2, 0.25) is 5.15 Å². The van der Waals surface area contributed by atoms with E-state index in [-0.39, 0.29) is 28.8 Å². The summed E-state index contributed by atoms with van der Waals surface area (Å²) in [5.74, 6) is 1.86. The lowest BCUT2D eigenvalue weighted by Crippen LogP contribution is -2.56. The Balaban J connectivity index is 1.83. The molecule has 1 fully saturated rings. The number of piperazine rings is 1. The smallest absolute Gasteiger partial charge is 0.410 e. The number of carbonyl (C=O) groups excluding carboxylic acids is 2. The second-order valence-corrected chi connectivity index (χ2v) is 12.4. The molecule has 0 spiro atoms. The number of rotatable bonds is 3. The van der Waals surface area contributed by atoms with Crippen molar-refractivity contribution in [3.8, 4) is 0 Å². The van der Waals surface area contributed by atoms with Gasteiger partial charge in [0.1, 0.15) is 11.4 Å². The van der Waals surface area contributed by atoms with E-state index in [1.165, 1.54) is 17.8 Å². The van der Waals surface area contributed by atoms with E-state index in [4.69, 9.17) is 26.3 Å². The highest BCUT2D eigenvalue weighted by Crippen LogP contribution is 2.44. The fourth-order valence-corrected chi connectivity index (χ4v) is 5.62. The van der Waals surface area contributed by atoms with Crippen molar-refractivity contribution in [3.63, 3.8) is 0 Å².